The molecule has 20 heavy (non-hydrogen) atoms. The summed E-state index contributed by atoms with van der Waals surface area (Å²) >= 11 is 0. The van der Waals surface area contributed by atoms with Gasteiger partial charge in [0.15, 0.2) is 0 Å². The van der Waals surface area contributed by atoms with Crippen molar-refractivity contribution in [3.63, 3.8) is 0 Å². The Hall–Kier alpha value is -1.69. The Kier molecular flexibility index (Phi) is 3.56. The molecule has 1 spiro atoms. The summed E-state index contributed by atoms with van der Waals surface area (Å²) in [5.74, 6) is 0.0604. The molecule has 108 valence electrons. The number of likely N-dealkylation sites (tertiary alicyclic amines) is 1. The van der Waals surface area contributed by atoms with Gasteiger partial charge in [-0.3, -0.25) is 9.69 Å². The maximum atomic E-state index is 11.0. The van der Waals surface area contributed by atoms with E-state index < -0.39 is 5.97 Å². The van der Waals surface area contributed by atoms with Gasteiger partial charge in [-0.25, -0.2) is 9.97 Å². The fraction of sp³-hybridized carbons (Fsp3) is 0.643. The van der Waals surface area contributed by atoms with Crippen molar-refractivity contribution in [1.29, 1.82) is 0 Å². The van der Waals surface area contributed by atoms with E-state index in [2.05, 4.69) is 19.8 Å². The summed E-state index contributed by atoms with van der Waals surface area (Å²) < 4.78 is 0. The Morgan fingerprint density at radius 2 is 1.90 bits per heavy atom. The molecule has 0 radical (unpaired) electrons. The molecule has 0 aliphatic carbocycles. The number of anilines is 1. The number of nitrogens with zero attached hydrogens (tertiary/aromatic N) is 4. The predicted molar refractivity (Wildman–Crippen MR) is 74.7 cm³/mol. The minimum atomic E-state index is -0.722. The highest BCUT2D eigenvalue weighted by atomic mass is 16.4. The van der Waals surface area contributed by atoms with Crippen molar-refractivity contribution in [2.75, 3.05) is 31.1 Å². The van der Waals surface area contributed by atoms with Gasteiger partial charge in [0.2, 0.25) is 5.95 Å². The second kappa shape index (κ2) is 5.36. The fourth-order valence-corrected chi connectivity index (χ4v) is 3.55. The van der Waals surface area contributed by atoms with E-state index in [1.165, 1.54) is 0 Å². The second-order valence-electron chi connectivity index (χ2n) is 5.68. The average molecular weight is 276 g/mol. The Morgan fingerprint density at radius 3 is 2.55 bits per heavy atom. The first-order valence-electron chi connectivity index (χ1n) is 7.18. The Bertz CT molecular complexity index is 471. The van der Waals surface area contributed by atoms with Crippen LogP contribution in [-0.2, 0) is 4.79 Å². The number of piperidine rings is 1. The molecule has 2 aliphatic rings. The molecule has 0 unspecified atom stereocenters. The van der Waals surface area contributed by atoms with Gasteiger partial charge in [0.25, 0.3) is 0 Å². The van der Waals surface area contributed by atoms with Crippen LogP contribution in [0.1, 0.15) is 25.7 Å². The topological polar surface area (TPSA) is 69.6 Å². The number of hydrogen-bond donors (Lipinski definition) is 1. The summed E-state index contributed by atoms with van der Waals surface area (Å²) in [5.41, 5.74) is 0.0870. The average Bonchev–Trinajstić information content (AvgIpc) is 2.83. The first-order chi connectivity index (χ1) is 9.70. The van der Waals surface area contributed by atoms with Crippen molar-refractivity contribution in [2.24, 2.45) is 0 Å². The molecule has 6 heteroatoms. The van der Waals surface area contributed by atoms with Gasteiger partial charge in [0.1, 0.15) is 0 Å². The molecular weight excluding hydrogens is 256 g/mol. The standard InChI is InChI=1S/C14H20N4O2/c19-12(20)11-18-8-1-3-14(18)4-9-17(10-5-14)13-15-6-2-7-16-13/h2,6-7H,1,3-5,8-11H2,(H,19,20). The fourth-order valence-electron chi connectivity index (χ4n) is 3.55. The number of carboxylic acids is 1. The van der Waals surface area contributed by atoms with E-state index in [4.69, 9.17) is 5.11 Å². The molecule has 2 aliphatic heterocycles. The largest absolute Gasteiger partial charge is 0.480 e. The maximum absolute atomic E-state index is 11.0. The number of carbonyl (C=O) groups is 1. The van der Waals surface area contributed by atoms with Gasteiger partial charge in [0, 0.05) is 31.0 Å². The number of carboxylic acid groups (broad SMARTS) is 1. The minimum absolute atomic E-state index is 0.0870. The van der Waals surface area contributed by atoms with Crippen molar-refractivity contribution < 1.29 is 9.90 Å². The Morgan fingerprint density at radius 1 is 1.20 bits per heavy atom. The van der Waals surface area contributed by atoms with Gasteiger partial charge < -0.3 is 10.0 Å². The van der Waals surface area contributed by atoms with Crippen LogP contribution in [0.15, 0.2) is 18.5 Å². The molecule has 2 saturated heterocycles. The first kappa shape index (κ1) is 13.3. The van der Waals surface area contributed by atoms with E-state index in [0.29, 0.717) is 0 Å². The minimum Gasteiger partial charge on any atom is -0.480 e. The normalized spacial score (nSPS) is 22.3. The SMILES string of the molecule is O=C(O)CN1CCCC12CCN(c1ncccn1)CC2. The van der Waals surface area contributed by atoms with E-state index in [1.807, 2.05) is 6.07 Å². The van der Waals surface area contributed by atoms with E-state index in [-0.39, 0.29) is 12.1 Å². The monoisotopic (exact) mass is 276 g/mol. The molecule has 2 fully saturated rings. The molecule has 3 heterocycles. The van der Waals surface area contributed by atoms with Crippen LogP contribution in [0, 0.1) is 0 Å². The molecule has 0 saturated carbocycles. The summed E-state index contributed by atoms with van der Waals surface area (Å²) in [6.45, 7) is 2.89. The number of aliphatic carboxylic acids is 1. The molecule has 0 atom stereocenters. The van der Waals surface area contributed by atoms with Crippen molar-refractivity contribution >= 4 is 11.9 Å². The van der Waals surface area contributed by atoms with Gasteiger partial charge in [-0.2, -0.15) is 0 Å². The quantitative estimate of drug-likeness (QED) is 0.888. The molecule has 1 N–H and O–H groups in total. The summed E-state index contributed by atoms with van der Waals surface area (Å²) in [6.07, 6.45) is 7.74. The highest BCUT2D eigenvalue weighted by Crippen LogP contribution is 2.38. The lowest BCUT2D eigenvalue weighted by molar-refractivity contribution is -0.139. The highest BCUT2D eigenvalue weighted by molar-refractivity contribution is 5.69. The van der Waals surface area contributed by atoms with Crippen LogP contribution in [0.5, 0.6) is 0 Å². The molecule has 3 rings (SSSR count). The Labute approximate surface area is 118 Å². The first-order valence-corrected chi connectivity index (χ1v) is 7.18. The van der Waals surface area contributed by atoms with Crippen LogP contribution >= 0.6 is 0 Å². The third-order valence-electron chi connectivity index (χ3n) is 4.60. The van der Waals surface area contributed by atoms with E-state index in [0.717, 1.165) is 51.3 Å². The third-order valence-corrected chi connectivity index (χ3v) is 4.60. The summed E-state index contributed by atoms with van der Waals surface area (Å²) in [5, 5.41) is 9.05. The summed E-state index contributed by atoms with van der Waals surface area (Å²) in [4.78, 5) is 23.9. The lowest BCUT2D eigenvalue weighted by Crippen LogP contribution is -2.53. The van der Waals surface area contributed by atoms with E-state index in [9.17, 15) is 4.79 Å². The molecule has 0 bridgehead atoms. The van der Waals surface area contributed by atoms with Crippen molar-refractivity contribution in [3.05, 3.63) is 18.5 Å². The van der Waals surface area contributed by atoms with Gasteiger partial charge in [0.05, 0.1) is 6.54 Å². The van der Waals surface area contributed by atoms with Gasteiger partial charge >= 0.3 is 5.97 Å². The summed E-state index contributed by atoms with van der Waals surface area (Å²) in [6, 6.07) is 1.82. The molecular formula is C14H20N4O2. The highest BCUT2D eigenvalue weighted by Gasteiger charge is 2.43. The molecule has 0 amide bonds. The maximum Gasteiger partial charge on any atom is 0.317 e. The smallest absolute Gasteiger partial charge is 0.317 e. The van der Waals surface area contributed by atoms with Gasteiger partial charge in [-0.05, 0) is 38.3 Å². The number of rotatable bonds is 3. The van der Waals surface area contributed by atoms with Crippen LogP contribution in [0.3, 0.4) is 0 Å². The van der Waals surface area contributed by atoms with Gasteiger partial charge in [-0.15, -0.1) is 0 Å². The zero-order chi connectivity index (χ0) is 14.0. The zero-order valence-electron chi connectivity index (χ0n) is 11.5. The van der Waals surface area contributed by atoms with Crippen LogP contribution < -0.4 is 4.90 Å². The van der Waals surface area contributed by atoms with E-state index in [1.54, 1.807) is 12.4 Å². The summed E-state index contributed by atoms with van der Waals surface area (Å²) in [7, 11) is 0. The molecule has 1 aromatic heterocycles. The van der Waals surface area contributed by atoms with Crippen LogP contribution in [0.4, 0.5) is 5.95 Å². The Balaban J connectivity index is 1.67. The van der Waals surface area contributed by atoms with Crippen LogP contribution in [0.25, 0.3) is 0 Å². The zero-order valence-corrected chi connectivity index (χ0v) is 11.5. The van der Waals surface area contributed by atoms with Crippen molar-refractivity contribution in [1.82, 2.24) is 14.9 Å². The van der Waals surface area contributed by atoms with Crippen LogP contribution in [0.2, 0.25) is 0 Å². The number of hydrogen-bond acceptors (Lipinski definition) is 5. The third kappa shape index (κ3) is 2.47. The lowest BCUT2D eigenvalue weighted by Gasteiger charge is -2.44. The predicted octanol–water partition coefficient (Wildman–Crippen LogP) is 0.996. The molecule has 1 aromatic rings. The van der Waals surface area contributed by atoms with Crippen molar-refractivity contribution in [2.45, 2.75) is 31.2 Å². The lowest BCUT2D eigenvalue weighted by atomic mass is 9.85. The second-order valence-corrected chi connectivity index (χ2v) is 5.68. The number of aromatic nitrogens is 2. The van der Waals surface area contributed by atoms with Gasteiger partial charge in [-0.1, -0.05) is 0 Å². The molecule has 0 aromatic carbocycles. The van der Waals surface area contributed by atoms with Crippen molar-refractivity contribution in [3.8, 4) is 0 Å². The van der Waals surface area contributed by atoms with Crippen LogP contribution in [-0.4, -0.2) is 57.7 Å². The van der Waals surface area contributed by atoms with E-state index >= 15 is 0 Å². The molecule has 6 nitrogen and oxygen atoms in total.